The molecule has 21 heavy (non-hydrogen) atoms. The summed E-state index contributed by atoms with van der Waals surface area (Å²) in [6, 6.07) is 13.7. The maximum absolute atomic E-state index is 13.7. The van der Waals surface area contributed by atoms with Gasteiger partial charge in [-0.1, -0.05) is 63.9 Å². The van der Waals surface area contributed by atoms with Gasteiger partial charge in [-0.2, -0.15) is 0 Å². The number of hydrogen-bond acceptors (Lipinski definition) is 0. The predicted molar refractivity (Wildman–Crippen MR) is 90.0 cm³/mol. The summed E-state index contributed by atoms with van der Waals surface area (Å²) in [4.78, 5) is 0. The van der Waals surface area contributed by atoms with Gasteiger partial charge in [-0.15, -0.1) is 0 Å². The third-order valence-corrected chi connectivity index (χ3v) is 6.00. The van der Waals surface area contributed by atoms with Crippen molar-refractivity contribution in [1.29, 1.82) is 0 Å². The lowest BCUT2D eigenvalue weighted by Gasteiger charge is -2.38. The summed E-state index contributed by atoms with van der Waals surface area (Å²) >= 11 is 9.87. The zero-order chi connectivity index (χ0) is 14.9. The smallest absolute Gasteiger partial charge is 0.142 e. The van der Waals surface area contributed by atoms with Crippen LogP contribution in [-0.4, -0.2) is 5.33 Å². The first-order valence-corrected chi connectivity index (χ1v) is 8.73. The van der Waals surface area contributed by atoms with Gasteiger partial charge in [0.15, 0.2) is 0 Å². The van der Waals surface area contributed by atoms with Crippen molar-refractivity contribution in [3.63, 3.8) is 0 Å². The average Bonchev–Trinajstić information content (AvgIpc) is 2.52. The molecule has 0 fully saturated rings. The predicted octanol–water partition coefficient (Wildman–Crippen LogP) is 5.69. The lowest BCUT2D eigenvalue weighted by Crippen LogP contribution is -2.35. The number of benzene rings is 2. The van der Waals surface area contributed by atoms with Gasteiger partial charge >= 0.3 is 0 Å². The minimum atomic E-state index is -0.331. The summed E-state index contributed by atoms with van der Waals surface area (Å²) in [7, 11) is 0. The molecule has 0 saturated heterocycles. The Bertz CT molecular complexity index is 655. The lowest BCUT2D eigenvalue weighted by atomic mass is 9.68. The van der Waals surface area contributed by atoms with E-state index in [0.717, 1.165) is 36.6 Å². The second kappa shape index (κ2) is 6.10. The first-order valence-electron chi connectivity index (χ1n) is 7.23. The molecule has 1 aliphatic carbocycles. The molecule has 3 heteroatoms. The van der Waals surface area contributed by atoms with Crippen molar-refractivity contribution < 1.29 is 4.39 Å². The summed E-state index contributed by atoms with van der Waals surface area (Å²) in [5.41, 5.74) is 3.70. The second-order valence-corrected chi connectivity index (χ2v) is 6.75. The first kappa shape index (κ1) is 15.1. The van der Waals surface area contributed by atoms with Crippen molar-refractivity contribution >= 4 is 27.5 Å². The van der Waals surface area contributed by atoms with E-state index in [9.17, 15) is 4.39 Å². The van der Waals surface area contributed by atoms with E-state index in [-0.39, 0.29) is 16.3 Å². The summed E-state index contributed by atoms with van der Waals surface area (Å²) in [6.07, 6.45) is 4.16. The van der Waals surface area contributed by atoms with E-state index < -0.39 is 0 Å². The summed E-state index contributed by atoms with van der Waals surface area (Å²) in [5.74, 6) is -0.331. The van der Waals surface area contributed by atoms with E-state index in [1.807, 2.05) is 6.07 Å². The normalized spacial score (nSPS) is 21.1. The molecule has 110 valence electrons. The Balaban J connectivity index is 2.04. The van der Waals surface area contributed by atoms with Crippen LogP contribution in [-0.2, 0) is 18.3 Å². The Morgan fingerprint density at radius 2 is 1.95 bits per heavy atom. The SMILES string of the molecule is Fc1cccc(CC2(CBr)CCCc3ccccc32)c1Cl. The fourth-order valence-corrected chi connectivity index (χ4v) is 4.40. The quantitative estimate of drug-likeness (QED) is 0.611. The van der Waals surface area contributed by atoms with Crippen LogP contribution in [0.4, 0.5) is 4.39 Å². The maximum atomic E-state index is 13.7. The average molecular weight is 368 g/mol. The first-order chi connectivity index (χ1) is 10.2. The van der Waals surface area contributed by atoms with Crippen LogP contribution in [0.3, 0.4) is 0 Å². The maximum Gasteiger partial charge on any atom is 0.142 e. The fourth-order valence-electron chi connectivity index (χ4n) is 3.43. The van der Waals surface area contributed by atoms with Gasteiger partial charge < -0.3 is 0 Å². The summed E-state index contributed by atoms with van der Waals surface area (Å²) in [5, 5.41) is 1.13. The number of hydrogen-bond donors (Lipinski definition) is 0. The van der Waals surface area contributed by atoms with Crippen LogP contribution in [0.1, 0.15) is 29.5 Å². The van der Waals surface area contributed by atoms with Crippen LogP contribution in [0.15, 0.2) is 42.5 Å². The van der Waals surface area contributed by atoms with E-state index in [1.54, 1.807) is 6.07 Å². The van der Waals surface area contributed by atoms with Crippen molar-refractivity contribution in [2.45, 2.75) is 31.1 Å². The molecule has 0 saturated carbocycles. The molecule has 0 N–H and O–H groups in total. The number of aryl methyl sites for hydroxylation is 1. The molecular formula is C18H17BrClF. The van der Waals surface area contributed by atoms with Gasteiger partial charge in [0, 0.05) is 10.7 Å². The summed E-state index contributed by atoms with van der Waals surface area (Å²) in [6.45, 7) is 0. The van der Waals surface area contributed by atoms with Crippen LogP contribution in [0.25, 0.3) is 0 Å². The van der Waals surface area contributed by atoms with Crippen LogP contribution in [0, 0.1) is 5.82 Å². The molecule has 0 aliphatic heterocycles. The van der Waals surface area contributed by atoms with Crippen molar-refractivity contribution in [3.8, 4) is 0 Å². The number of halogens is 3. The molecule has 1 atom stereocenters. The number of rotatable bonds is 3. The fraction of sp³-hybridized carbons (Fsp3) is 0.333. The Labute approximate surface area is 138 Å². The third kappa shape index (κ3) is 2.76. The van der Waals surface area contributed by atoms with Gasteiger partial charge in [0.05, 0.1) is 5.02 Å². The van der Waals surface area contributed by atoms with Crippen molar-refractivity contribution in [2.75, 3.05) is 5.33 Å². The highest BCUT2D eigenvalue weighted by Gasteiger charge is 2.36. The minimum Gasteiger partial charge on any atom is -0.205 e. The molecule has 1 aliphatic rings. The van der Waals surface area contributed by atoms with Crippen molar-refractivity contribution in [2.24, 2.45) is 0 Å². The molecule has 0 aromatic heterocycles. The van der Waals surface area contributed by atoms with Gasteiger partial charge in [-0.3, -0.25) is 0 Å². The van der Waals surface area contributed by atoms with Gasteiger partial charge in [0.1, 0.15) is 5.82 Å². The van der Waals surface area contributed by atoms with E-state index >= 15 is 0 Å². The van der Waals surface area contributed by atoms with E-state index in [0.29, 0.717) is 0 Å². The zero-order valence-corrected chi connectivity index (χ0v) is 14.1. The molecule has 0 bridgehead atoms. The molecule has 1 unspecified atom stereocenters. The van der Waals surface area contributed by atoms with E-state index in [4.69, 9.17) is 11.6 Å². The molecular weight excluding hydrogens is 351 g/mol. The molecule has 3 rings (SSSR count). The van der Waals surface area contributed by atoms with Crippen molar-refractivity contribution in [3.05, 3.63) is 70.0 Å². The second-order valence-electron chi connectivity index (χ2n) is 5.81. The number of fused-ring (bicyclic) bond motifs is 1. The van der Waals surface area contributed by atoms with Crippen molar-refractivity contribution in [1.82, 2.24) is 0 Å². The monoisotopic (exact) mass is 366 g/mol. The van der Waals surface area contributed by atoms with E-state index in [2.05, 4.69) is 40.2 Å². The summed E-state index contributed by atoms with van der Waals surface area (Å²) < 4.78 is 13.7. The molecule has 0 spiro atoms. The molecule has 2 aromatic carbocycles. The Morgan fingerprint density at radius 1 is 1.14 bits per heavy atom. The van der Waals surface area contributed by atoms with Crippen LogP contribution in [0.2, 0.25) is 5.02 Å². The highest BCUT2D eigenvalue weighted by atomic mass is 79.9. The minimum absolute atomic E-state index is 0.00623. The van der Waals surface area contributed by atoms with Crippen LogP contribution in [0.5, 0.6) is 0 Å². The highest BCUT2D eigenvalue weighted by molar-refractivity contribution is 9.09. The highest BCUT2D eigenvalue weighted by Crippen LogP contribution is 2.42. The molecule has 0 heterocycles. The van der Waals surface area contributed by atoms with Gasteiger partial charge in [-0.05, 0) is 48.4 Å². The lowest BCUT2D eigenvalue weighted by molar-refractivity contribution is 0.401. The molecule has 2 aromatic rings. The molecule has 0 radical (unpaired) electrons. The van der Waals surface area contributed by atoms with Gasteiger partial charge in [0.2, 0.25) is 0 Å². The third-order valence-electron chi connectivity index (χ3n) is 4.51. The van der Waals surface area contributed by atoms with E-state index in [1.165, 1.54) is 17.2 Å². The number of alkyl halides is 1. The molecule has 0 nitrogen and oxygen atoms in total. The molecule has 0 amide bonds. The van der Waals surface area contributed by atoms with Crippen LogP contribution >= 0.6 is 27.5 Å². The van der Waals surface area contributed by atoms with Crippen LogP contribution < -0.4 is 0 Å². The van der Waals surface area contributed by atoms with Gasteiger partial charge in [-0.25, -0.2) is 4.39 Å². The largest absolute Gasteiger partial charge is 0.205 e. The Hall–Kier alpha value is -0.860. The Morgan fingerprint density at radius 3 is 2.76 bits per heavy atom. The topological polar surface area (TPSA) is 0 Å². The standard InChI is InChI=1S/C18H17BrClF/c19-12-18(11-14-6-3-9-16(21)17(14)20)10-4-7-13-5-1-2-8-15(13)18/h1-3,5-6,8-9H,4,7,10-12H2. The zero-order valence-electron chi connectivity index (χ0n) is 11.7. The van der Waals surface area contributed by atoms with Gasteiger partial charge in [0.25, 0.3) is 0 Å². The Kier molecular flexibility index (Phi) is 4.37.